The summed E-state index contributed by atoms with van der Waals surface area (Å²) in [5.74, 6) is 0.763. The number of hydrogen-bond donors (Lipinski definition) is 1. The number of benzene rings is 3. The number of ether oxygens (including phenoxy) is 2. The van der Waals surface area contributed by atoms with E-state index in [9.17, 15) is 13.2 Å². The highest BCUT2D eigenvalue weighted by atomic mass is 32.2. The molecule has 0 aliphatic carbocycles. The number of sulfone groups is 1. The zero-order chi connectivity index (χ0) is 25.9. The molecule has 0 amide bonds. The first kappa shape index (κ1) is 25.2. The molecule has 1 atom stereocenters. The van der Waals surface area contributed by atoms with Gasteiger partial charge in [0.05, 0.1) is 36.5 Å². The third-order valence-electron chi connectivity index (χ3n) is 5.90. The van der Waals surface area contributed by atoms with Gasteiger partial charge < -0.3 is 14.5 Å². The van der Waals surface area contributed by atoms with Gasteiger partial charge in [0.25, 0.3) is 0 Å². The normalized spacial score (nSPS) is 12.8. The summed E-state index contributed by atoms with van der Waals surface area (Å²) in [4.78, 5) is 20.3. The molecule has 0 bridgehead atoms. The highest BCUT2D eigenvalue weighted by Crippen LogP contribution is 2.33. The molecule has 0 saturated heterocycles. The minimum atomic E-state index is -3.45. The van der Waals surface area contributed by atoms with E-state index in [1.54, 1.807) is 31.5 Å². The Balaban J connectivity index is 1.88. The first-order chi connectivity index (χ1) is 17.3. The molecule has 0 aliphatic heterocycles. The summed E-state index contributed by atoms with van der Waals surface area (Å²) in [6.45, 7) is 2.27. The molecule has 3 aromatic carbocycles. The molecule has 0 aliphatic rings. The molecular formula is C27H29N3O5S. The summed E-state index contributed by atoms with van der Waals surface area (Å²) >= 11 is 0. The number of aromatic amines is 1. The maximum absolute atomic E-state index is 13.2. The third kappa shape index (κ3) is 5.21. The summed E-state index contributed by atoms with van der Waals surface area (Å²) < 4.78 is 37.4. The maximum atomic E-state index is 13.2. The Hall–Kier alpha value is -3.85. The molecule has 188 valence electrons. The van der Waals surface area contributed by atoms with Crippen LogP contribution in [-0.4, -0.2) is 57.0 Å². The number of nitrogens with zero attached hydrogens (tertiary/aromatic N) is 2. The van der Waals surface area contributed by atoms with Crippen molar-refractivity contribution in [3.63, 3.8) is 0 Å². The van der Waals surface area contributed by atoms with Crippen LogP contribution in [0.25, 0.3) is 22.2 Å². The van der Waals surface area contributed by atoms with Crippen molar-refractivity contribution >= 4 is 27.1 Å². The van der Waals surface area contributed by atoms with Crippen LogP contribution in [0.2, 0.25) is 0 Å². The quantitative estimate of drug-likeness (QED) is 0.344. The van der Waals surface area contributed by atoms with E-state index in [1.807, 2.05) is 49.4 Å². The molecule has 8 nitrogen and oxygen atoms in total. The molecule has 1 unspecified atom stereocenters. The summed E-state index contributed by atoms with van der Waals surface area (Å²) in [7, 11) is -0.190. The van der Waals surface area contributed by atoms with Crippen LogP contribution in [0, 0.1) is 0 Å². The topological polar surface area (TPSA) is 103 Å². The van der Waals surface area contributed by atoms with Gasteiger partial charge in [-0.2, -0.15) is 0 Å². The fourth-order valence-corrected chi connectivity index (χ4v) is 5.31. The molecule has 0 radical (unpaired) electrons. The Kier molecular flexibility index (Phi) is 7.30. The summed E-state index contributed by atoms with van der Waals surface area (Å²) in [5, 5.41) is 0. The van der Waals surface area contributed by atoms with Gasteiger partial charge in [0.2, 0.25) is 0 Å². The van der Waals surface area contributed by atoms with Crippen LogP contribution < -0.4 is 15.2 Å². The molecule has 1 aromatic heterocycles. The average Bonchev–Trinajstić information content (AvgIpc) is 3.17. The van der Waals surface area contributed by atoms with Gasteiger partial charge in [0.15, 0.2) is 11.5 Å². The molecule has 1 heterocycles. The highest BCUT2D eigenvalue weighted by Gasteiger charge is 2.25. The number of hydrogen-bond acceptors (Lipinski definition) is 6. The largest absolute Gasteiger partial charge is 0.493 e. The van der Waals surface area contributed by atoms with Gasteiger partial charge >= 0.3 is 5.69 Å². The minimum absolute atomic E-state index is 0.255. The van der Waals surface area contributed by atoms with E-state index in [0.717, 1.165) is 22.9 Å². The average molecular weight is 508 g/mol. The Bertz CT molecular complexity index is 1580. The van der Waals surface area contributed by atoms with Crippen molar-refractivity contribution in [3.05, 3.63) is 82.3 Å². The Morgan fingerprint density at radius 1 is 1.08 bits per heavy atom. The van der Waals surface area contributed by atoms with E-state index in [1.165, 1.54) is 11.7 Å². The van der Waals surface area contributed by atoms with Gasteiger partial charge in [0, 0.05) is 25.1 Å². The predicted molar refractivity (Wildman–Crippen MR) is 144 cm³/mol. The van der Waals surface area contributed by atoms with Crippen molar-refractivity contribution in [1.82, 2.24) is 9.55 Å². The summed E-state index contributed by atoms with van der Waals surface area (Å²) in [6, 6.07) is 18.0. The molecule has 9 heteroatoms. The SMILES string of the molecule is CCOc1cc(C(CS(C)(=O)=O)n2c(=O)[nH]c3cc(-c4ccccc4/C=N/C)ccc32)ccc1OC. The second-order valence-electron chi connectivity index (χ2n) is 8.46. The molecule has 0 spiro atoms. The monoisotopic (exact) mass is 507 g/mol. The second kappa shape index (κ2) is 10.4. The van der Waals surface area contributed by atoms with Crippen LogP contribution in [-0.2, 0) is 9.84 Å². The van der Waals surface area contributed by atoms with Crippen molar-refractivity contribution < 1.29 is 17.9 Å². The van der Waals surface area contributed by atoms with Crippen LogP contribution >= 0.6 is 0 Å². The number of H-pyrrole nitrogens is 1. The lowest BCUT2D eigenvalue weighted by Crippen LogP contribution is -2.28. The van der Waals surface area contributed by atoms with Crippen LogP contribution in [0.15, 0.2) is 70.5 Å². The van der Waals surface area contributed by atoms with Crippen LogP contribution in [0.1, 0.15) is 24.1 Å². The first-order valence-corrected chi connectivity index (χ1v) is 13.6. The lowest BCUT2D eigenvalue weighted by Gasteiger charge is -2.20. The predicted octanol–water partition coefficient (Wildman–Crippen LogP) is 4.09. The Labute approximate surface area is 210 Å². The minimum Gasteiger partial charge on any atom is -0.493 e. The van der Waals surface area contributed by atoms with Crippen LogP contribution in [0.3, 0.4) is 0 Å². The number of aliphatic imine (C=N–C) groups is 1. The van der Waals surface area contributed by atoms with E-state index in [-0.39, 0.29) is 5.75 Å². The molecule has 1 N–H and O–H groups in total. The molecule has 4 aromatic rings. The van der Waals surface area contributed by atoms with Gasteiger partial charge in [-0.15, -0.1) is 0 Å². The van der Waals surface area contributed by atoms with E-state index < -0.39 is 21.6 Å². The zero-order valence-electron chi connectivity index (χ0n) is 20.7. The molecule has 0 fully saturated rings. The van der Waals surface area contributed by atoms with Crippen molar-refractivity contribution in [2.24, 2.45) is 4.99 Å². The number of nitrogens with one attached hydrogen (secondary N) is 1. The van der Waals surface area contributed by atoms with Gasteiger partial charge in [-0.3, -0.25) is 9.56 Å². The number of imidazole rings is 1. The van der Waals surface area contributed by atoms with E-state index >= 15 is 0 Å². The Morgan fingerprint density at radius 3 is 2.56 bits per heavy atom. The molecule has 0 saturated carbocycles. The number of rotatable bonds is 9. The maximum Gasteiger partial charge on any atom is 0.327 e. The van der Waals surface area contributed by atoms with Crippen molar-refractivity contribution in [1.29, 1.82) is 0 Å². The number of methoxy groups -OCH3 is 1. The number of aromatic nitrogens is 2. The van der Waals surface area contributed by atoms with Crippen molar-refractivity contribution in [3.8, 4) is 22.6 Å². The second-order valence-corrected chi connectivity index (χ2v) is 10.6. The summed E-state index contributed by atoms with van der Waals surface area (Å²) in [6.07, 6.45) is 2.95. The highest BCUT2D eigenvalue weighted by molar-refractivity contribution is 7.90. The molecular weight excluding hydrogens is 478 g/mol. The smallest absolute Gasteiger partial charge is 0.327 e. The fourth-order valence-electron chi connectivity index (χ4n) is 4.40. The third-order valence-corrected chi connectivity index (χ3v) is 6.82. The van der Waals surface area contributed by atoms with Gasteiger partial charge in [-0.1, -0.05) is 36.4 Å². The molecule has 4 rings (SSSR count). The molecule has 36 heavy (non-hydrogen) atoms. The summed E-state index contributed by atoms with van der Waals surface area (Å²) in [5.41, 5.74) is 4.29. The lowest BCUT2D eigenvalue weighted by atomic mass is 9.99. The lowest BCUT2D eigenvalue weighted by molar-refractivity contribution is 0.310. The standard InChI is InChI=1S/C27H29N3O5S/c1-5-35-26-15-19(11-13-25(26)34-3)24(17-36(4,32)33)30-23-12-10-18(14-22(23)29-27(30)31)21-9-7-6-8-20(21)16-28-2/h6-16,24H,5,17H2,1-4H3,(H,29,31)/b28-16+. The van der Waals surface area contributed by atoms with Gasteiger partial charge in [-0.25, -0.2) is 13.2 Å². The van der Waals surface area contributed by atoms with Crippen molar-refractivity contribution in [2.75, 3.05) is 32.8 Å². The van der Waals surface area contributed by atoms with E-state index in [0.29, 0.717) is 34.7 Å². The first-order valence-electron chi connectivity index (χ1n) is 11.5. The van der Waals surface area contributed by atoms with Crippen molar-refractivity contribution in [2.45, 2.75) is 13.0 Å². The zero-order valence-corrected chi connectivity index (χ0v) is 21.5. The van der Waals surface area contributed by atoms with Gasteiger partial charge in [-0.05, 0) is 47.9 Å². The van der Waals surface area contributed by atoms with E-state index in [2.05, 4.69) is 9.98 Å². The van der Waals surface area contributed by atoms with Crippen LogP contribution in [0.4, 0.5) is 0 Å². The Morgan fingerprint density at radius 2 is 1.86 bits per heavy atom. The van der Waals surface area contributed by atoms with Gasteiger partial charge in [0.1, 0.15) is 9.84 Å². The number of fused-ring (bicyclic) bond motifs is 1. The van der Waals surface area contributed by atoms with E-state index in [4.69, 9.17) is 9.47 Å². The van der Waals surface area contributed by atoms with Crippen LogP contribution in [0.5, 0.6) is 11.5 Å². The fraction of sp³-hybridized carbons (Fsp3) is 0.259.